The first-order chi connectivity index (χ1) is 11.8. The number of amides is 1. The minimum atomic E-state index is -1.25. The molecule has 3 rings (SSSR count). The number of aromatic nitrogens is 2. The topological polar surface area (TPSA) is 67.2 Å². The lowest BCUT2D eigenvalue weighted by atomic mass is 10.0. The molecule has 130 valence electrons. The van der Waals surface area contributed by atoms with Crippen molar-refractivity contribution in [1.29, 1.82) is 0 Å². The summed E-state index contributed by atoms with van der Waals surface area (Å²) in [6.07, 6.45) is 0.657. The fourth-order valence-corrected chi connectivity index (χ4v) is 3.33. The fraction of sp³-hybridized carbons (Fsp3) is 0.176. The highest BCUT2D eigenvalue weighted by Gasteiger charge is 2.21. The second-order valence-corrected chi connectivity index (χ2v) is 6.52. The van der Waals surface area contributed by atoms with Crippen LogP contribution in [0.25, 0.3) is 11.0 Å². The number of carbonyl (C=O) groups is 1. The largest absolute Gasteiger partial charge is 0.465 e. The van der Waals surface area contributed by atoms with Gasteiger partial charge < -0.3 is 15.0 Å². The summed E-state index contributed by atoms with van der Waals surface area (Å²) >= 11 is 3.41. The Morgan fingerprint density at radius 2 is 2.00 bits per heavy atom. The van der Waals surface area contributed by atoms with Gasteiger partial charge in [0.2, 0.25) is 0 Å². The van der Waals surface area contributed by atoms with E-state index >= 15 is 0 Å². The molecular weight excluding hydrogens is 396 g/mol. The molecule has 0 radical (unpaired) electrons. The molecule has 1 unspecified atom stereocenters. The lowest BCUT2D eigenvalue weighted by molar-refractivity contribution is 0.189. The second kappa shape index (κ2) is 6.79. The molecule has 0 spiro atoms. The molecule has 2 N–H and O–H groups in total. The first kappa shape index (κ1) is 17.3. The number of pyridine rings is 1. The molecular formula is C17H14BrF2N3O2. The Balaban J connectivity index is 2.03. The summed E-state index contributed by atoms with van der Waals surface area (Å²) in [4.78, 5) is 15.7. The minimum absolute atomic E-state index is 0.0604. The number of hydrogen-bond donors (Lipinski definition) is 2. The summed E-state index contributed by atoms with van der Waals surface area (Å²) in [5, 5.41) is 11.5. The van der Waals surface area contributed by atoms with Gasteiger partial charge in [-0.1, -0.05) is 0 Å². The van der Waals surface area contributed by atoms with Crippen molar-refractivity contribution in [3.63, 3.8) is 0 Å². The number of hydrogen-bond acceptors (Lipinski definition) is 2. The molecule has 0 aliphatic carbocycles. The summed E-state index contributed by atoms with van der Waals surface area (Å²) in [6, 6.07) is 6.00. The molecule has 3 aromatic rings. The molecule has 0 aliphatic heterocycles. The quantitative estimate of drug-likeness (QED) is 0.679. The van der Waals surface area contributed by atoms with Gasteiger partial charge >= 0.3 is 6.09 Å². The predicted molar refractivity (Wildman–Crippen MR) is 92.4 cm³/mol. The molecule has 0 saturated carbocycles. The van der Waals surface area contributed by atoms with Crippen LogP contribution >= 0.6 is 15.9 Å². The van der Waals surface area contributed by atoms with Gasteiger partial charge in [-0.15, -0.1) is 0 Å². The van der Waals surface area contributed by atoms with Crippen LogP contribution in [0.1, 0.15) is 17.3 Å². The second-order valence-electron chi connectivity index (χ2n) is 5.67. The summed E-state index contributed by atoms with van der Waals surface area (Å²) in [6.45, 7) is 0. The molecule has 0 bridgehead atoms. The Hall–Kier alpha value is -2.48. The van der Waals surface area contributed by atoms with Gasteiger partial charge in [-0.25, -0.2) is 18.6 Å². The van der Waals surface area contributed by atoms with E-state index in [1.165, 1.54) is 12.1 Å². The van der Waals surface area contributed by atoms with E-state index in [0.717, 1.165) is 11.6 Å². The van der Waals surface area contributed by atoms with Gasteiger partial charge in [-0.05, 0) is 52.2 Å². The molecule has 8 heteroatoms. The van der Waals surface area contributed by atoms with Crippen LogP contribution in [-0.4, -0.2) is 20.8 Å². The van der Waals surface area contributed by atoms with E-state index in [-0.39, 0.29) is 6.42 Å². The Morgan fingerprint density at radius 3 is 2.64 bits per heavy atom. The molecule has 25 heavy (non-hydrogen) atoms. The number of halogens is 3. The van der Waals surface area contributed by atoms with E-state index < -0.39 is 23.8 Å². The van der Waals surface area contributed by atoms with Crippen molar-refractivity contribution >= 4 is 33.1 Å². The maximum absolute atomic E-state index is 13.4. The number of rotatable bonds is 4. The van der Waals surface area contributed by atoms with Crippen molar-refractivity contribution in [2.24, 2.45) is 7.05 Å². The Bertz CT molecular complexity index is 938. The van der Waals surface area contributed by atoms with Crippen molar-refractivity contribution in [2.75, 3.05) is 0 Å². The van der Waals surface area contributed by atoms with E-state index in [9.17, 15) is 13.6 Å². The van der Waals surface area contributed by atoms with Gasteiger partial charge in [0.1, 0.15) is 11.6 Å². The molecule has 1 atom stereocenters. The van der Waals surface area contributed by atoms with Gasteiger partial charge in [-0.3, -0.25) is 0 Å². The van der Waals surface area contributed by atoms with Crippen LogP contribution in [0.5, 0.6) is 0 Å². The van der Waals surface area contributed by atoms with Crippen LogP contribution in [0.2, 0.25) is 0 Å². The van der Waals surface area contributed by atoms with Crippen molar-refractivity contribution in [2.45, 2.75) is 12.5 Å². The van der Waals surface area contributed by atoms with E-state index in [1.54, 1.807) is 0 Å². The molecule has 0 fully saturated rings. The monoisotopic (exact) mass is 409 g/mol. The summed E-state index contributed by atoms with van der Waals surface area (Å²) in [5.41, 5.74) is 2.36. The number of nitrogens with zero attached hydrogens (tertiary/aromatic N) is 2. The average molecular weight is 410 g/mol. The molecule has 1 amide bonds. The minimum Gasteiger partial charge on any atom is -0.465 e. The standard InChI is InChI=1S/C17H14BrF2N3O2/c1-23-3-2-13-15(23)8-12(18)16(21-13)14(22-17(24)25)6-9-4-10(19)7-11(20)5-9/h2-5,7-8,14,22H,6H2,1H3,(H,24,25). The number of carboxylic acid groups (broad SMARTS) is 1. The van der Waals surface area contributed by atoms with Crippen LogP contribution in [-0.2, 0) is 13.5 Å². The molecule has 1 aromatic carbocycles. The molecule has 0 aliphatic rings. The number of aryl methyl sites for hydroxylation is 1. The Kier molecular flexibility index (Phi) is 4.71. The highest BCUT2D eigenvalue weighted by Crippen LogP contribution is 2.28. The zero-order chi connectivity index (χ0) is 18.1. The third-order valence-corrected chi connectivity index (χ3v) is 4.47. The van der Waals surface area contributed by atoms with Crippen molar-refractivity contribution in [3.8, 4) is 0 Å². The fourth-order valence-electron chi connectivity index (χ4n) is 2.75. The first-order valence-corrected chi connectivity index (χ1v) is 8.18. The SMILES string of the molecule is Cn1ccc2nc(C(Cc3cc(F)cc(F)c3)NC(=O)O)c(Br)cc21. The van der Waals surface area contributed by atoms with Gasteiger partial charge in [-0.2, -0.15) is 0 Å². The summed E-state index contributed by atoms with van der Waals surface area (Å²) < 4.78 is 29.4. The predicted octanol–water partition coefficient (Wildman–Crippen LogP) is 4.17. The van der Waals surface area contributed by atoms with E-state index in [0.29, 0.717) is 21.2 Å². The van der Waals surface area contributed by atoms with Crippen molar-refractivity contribution in [3.05, 3.63) is 63.9 Å². The van der Waals surface area contributed by atoms with Crippen LogP contribution in [0.4, 0.5) is 13.6 Å². The molecule has 0 saturated heterocycles. The van der Waals surface area contributed by atoms with Crippen LogP contribution in [0, 0.1) is 11.6 Å². The normalized spacial score (nSPS) is 12.3. The van der Waals surface area contributed by atoms with Gasteiger partial charge in [0.15, 0.2) is 0 Å². The van der Waals surface area contributed by atoms with Gasteiger partial charge in [0.25, 0.3) is 0 Å². The van der Waals surface area contributed by atoms with Crippen LogP contribution < -0.4 is 5.32 Å². The number of fused-ring (bicyclic) bond motifs is 1. The summed E-state index contributed by atoms with van der Waals surface area (Å²) in [5.74, 6) is -1.43. The van der Waals surface area contributed by atoms with Crippen LogP contribution in [0.15, 0.2) is 41.0 Å². The Morgan fingerprint density at radius 1 is 1.32 bits per heavy atom. The van der Waals surface area contributed by atoms with Crippen molar-refractivity contribution < 1.29 is 18.7 Å². The highest BCUT2D eigenvalue weighted by atomic mass is 79.9. The zero-order valence-electron chi connectivity index (χ0n) is 13.1. The van der Waals surface area contributed by atoms with Crippen LogP contribution in [0.3, 0.4) is 0 Å². The third kappa shape index (κ3) is 3.79. The summed E-state index contributed by atoms with van der Waals surface area (Å²) in [7, 11) is 1.87. The number of nitrogens with one attached hydrogen (secondary N) is 1. The van der Waals surface area contributed by atoms with Crippen molar-refractivity contribution in [1.82, 2.24) is 14.9 Å². The highest BCUT2D eigenvalue weighted by molar-refractivity contribution is 9.10. The third-order valence-electron chi connectivity index (χ3n) is 3.84. The maximum atomic E-state index is 13.4. The average Bonchev–Trinajstić information content (AvgIpc) is 2.85. The van der Waals surface area contributed by atoms with Gasteiger partial charge in [0, 0.05) is 23.8 Å². The Labute approximate surface area is 150 Å². The van der Waals surface area contributed by atoms with Gasteiger partial charge in [0.05, 0.1) is 22.8 Å². The first-order valence-electron chi connectivity index (χ1n) is 7.39. The lowest BCUT2D eigenvalue weighted by Gasteiger charge is -2.18. The van der Waals surface area contributed by atoms with E-state index in [1.807, 2.05) is 29.9 Å². The molecule has 2 aromatic heterocycles. The zero-order valence-corrected chi connectivity index (χ0v) is 14.7. The smallest absolute Gasteiger partial charge is 0.405 e. The molecule has 5 nitrogen and oxygen atoms in total. The number of benzene rings is 1. The van der Waals surface area contributed by atoms with E-state index in [4.69, 9.17) is 5.11 Å². The maximum Gasteiger partial charge on any atom is 0.405 e. The lowest BCUT2D eigenvalue weighted by Crippen LogP contribution is -2.29. The van der Waals surface area contributed by atoms with E-state index in [2.05, 4.69) is 26.2 Å². The molecule has 2 heterocycles.